The SMILES string of the molecule is O=C([O-])C1=CS[C@@H]2/C(=C\c3nccs3)C(=O)N12.[Na+]. The molecule has 86 valence electrons. The molecule has 2 aliphatic heterocycles. The van der Waals surface area contributed by atoms with Gasteiger partial charge in [-0.2, -0.15) is 0 Å². The second-order valence-electron chi connectivity index (χ2n) is 3.42. The van der Waals surface area contributed by atoms with Crippen LogP contribution in [0.15, 0.2) is 28.3 Å². The zero-order valence-corrected chi connectivity index (χ0v) is 13.0. The molecule has 0 N–H and O–H groups in total. The van der Waals surface area contributed by atoms with Crippen molar-refractivity contribution < 1.29 is 44.3 Å². The van der Waals surface area contributed by atoms with E-state index in [0.29, 0.717) is 5.57 Å². The van der Waals surface area contributed by atoms with Crippen LogP contribution in [0.2, 0.25) is 0 Å². The Labute approximate surface area is 133 Å². The molecule has 3 heterocycles. The fourth-order valence-electron chi connectivity index (χ4n) is 1.70. The van der Waals surface area contributed by atoms with Crippen LogP contribution in [0.5, 0.6) is 0 Å². The molecule has 0 saturated carbocycles. The summed E-state index contributed by atoms with van der Waals surface area (Å²) in [6.45, 7) is 0. The van der Waals surface area contributed by atoms with Crippen LogP contribution in [0.3, 0.4) is 0 Å². The monoisotopic (exact) mass is 288 g/mol. The molecule has 1 aromatic rings. The first-order valence-corrected chi connectivity index (χ1v) is 6.52. The van der Waals surface area contributed by atoms with Gasteiger partial charge >= 0.3 is 29.6 Å². The quantitative estimate of drug-likeness (QED) is 0.330. The van der Waals surface area contributed by atoms with Gasteiger partial charge in [0, 0.05) is 11.6 Å². The Bertz CT molecular complexity index is 568. The summed E-state index contributed by atoms with van der Waals surface area (Å²) in [5, 5.41) is 14.5. The van der Waals surface area contributed by atoms with Crippen molar-refractivity contribution in [3.05, 3.63) is 33.3 Å². The van der Waals surface area contributed by atoms with E-state index in [1.54, 1.807) is 12.3 Å². The molecule has 0 bridgehead atoms. The molecule has 1 aromatic heterocycles. The van der Waals surface area contributed by atoms with Crippen molar-refractivity contribution in [2.75, 3.05) is 0 Å². The minimum Gasteiger partial charge on any atom is -0.543 e. The van der Waals surface area contributed by atoms with Crippen LogP contribution in [-0.2, 0) is 9.59 Å². The van der Waals surface area contributed by atoms with E-state index in [1.807, 2.05) is 5.38 Å². The number of carboxylic acid groups (broad SMARTS) is 1. The van der Waals surface area contributed by atoms with Crippen molar-refractivity contribution in [2.45, 2.75) is 5.37 Å². The van der Waals surface area contributed by atoms with Gasteiger partial charge in [-0.15, -0.1) is 23.1 Å². The maximum absolute atomic E-state index is 11.8. The van der Waals surface area contributed by atoms with Crippen LogP contribution >= 0.6 is 23.1 Å². The molecule has 18 heavy (non-hydrogen) atoms. The Hall–Kier alpha value is -0.600. The van der Waals surface area contributed by atoms with Crippen LogP contribution in [-0.4, -0.2) is 27.1 Å². The van der Waals surface area contributed by atoms with E-state index in [2.05, 4.69) is 4.98 Å². The number of thiazole rings is 1. The number of rotatable bonds is 2. The number of carbonyl (C=O) groups is 2. The predicted octanol–water partition coefficient (Wildman–Crippen LogP) is -2.96. The number of amides is 1. The van der Waals surface area contributed by atoms with Gasteiger partial charge in [-0.1, -0.05) is 0 Å². The first-order valence-electron chi connectivity index (χ1n) is 4.70. The van der Waals surface area contributed by atoms with Crippen LogP contribution in [0.25, 0.3) is 6.08 Å². The fraction of sp³-hybridized carbons (Fsp3) is 0.100. The third-order valence-corrected chi connectivity index (χ3v) is 4.28. The summed E-state index contributed by atoms with van der Waals surface area (Å²) in [6, 6.07) is 0. The molecular weight excluding hydrogens is 283 g/mol. The average molecular weight is 288 g/mol. The molecule has 1 saturated heterocycles. The van der Waals surface area contributed by atoms with Gasteiger partial charge in [-0.25, -0.2) is 4.98 Å². The Balaban J connectivity index is 0.00000120. The van der Waals surface area contributed by atoms with E-state index in [0.717, 1.165) is 5.01 Å². The number of thioether (sulfide) groups is 1. The summed E-state index contributed by atoms with van der Waals surface area (Å²) in [5.74, 6) is -1.60. The second-order valence-corrected chi connectivity index (χ2v) is 5.30. The number of carbonyl (C=O) groups excluding carboxylic acids is 2. The molecule has 1 atom stereocenters. The Morgan fingerprint density at radius 2 is 2.33 bits per heavy atom. The van der Waals surface area contributed by atoms with Crippen molar-refractivity contribution in [3.8, 4) is 0 Å². The number of fused-ring (bicyclic) bond motifs is 1. The van der Waals surface area contributed by atoms with Crippen LogP contribution in [0.4, 0.5) is 0 Å². The van der Waals surface area contributed by atoms with E-state index in [9.17, 15) is 14.7 Å². The van der Waals surface area contributed by atoms with Gasteiger partial charge in [0.1, 0.15) is 10.4 Å². The molecule has 0 unspecified atom stereocenters. The van der Waals surface area contributed by atoms with E-state index in [4.69, 9.17) is 0 Å². The Kier molecular flexibility index (Phi) is 3.98. The van der Waals surface area contributed by atoms with Crippen LogP contribution in [0.1, 0.15) is 5.01 Å². The van der Waals surface area contributed by atoms with Crippen molar-refractivity contribution in [3.63, 3.8) is 0 Å². The molecular formula is C10H5N2NaO3S2. The van der Waals surface area contributed by atoms with Crippen molar-refractivity contribution >= 4 is 41.1 Å². The van der Waals surface area contributed by atoms with E-state index >= 15 is 0 Å². The number of carboxylic acids is 1. The van der Waals surface area contributed by atoms with Crippen LogP contribution < -0.4 is 34.7 Å². The molecule has 0 spiro atoms. The smallest absolute Gasteiger partial charge is 0.543 e. The standard InChI is InChI=1S/C10H6N2O3S2.Na/c13-8-5(3-7-11-1-2-16-7)9-12(8)6(4-17-9)10(14)15;/h1-4,9H,(H,14,15);/q;+1/p-1/b5-3-;/t9-;/m1./s1. The van der Waals surface area contributed by atoms with E-state index in [1.165, 1.54) is 33.4 Å². The molecule has 1 amide bonds. The molecule has 0 radical (unpaired) electrons. The topological polar surface area (TPSA) is 73.3 Å². The van der Waals surface area contributed by atoms with Gasteiger partial charge in [0.15, 0.2) is 0 Å². The summed E-state index contributed by atoms with van der Waals surface area (Å²) in [6.07, 6.45) is 3.36. The first kappa shape index (κ1) is 13.8. The molecule has 5 nitrogen and oxygen atoms in total. The Morgan fingerprint density at radius 3 is 2.94 bits per heavy atom. The predicted molar refractivity (Wildman–Crippen MR) is 61.4 cm³/mol. The van der Waals surface area contributed by atoms with E-state index in [-0.39, 0.29) is 46.5 Å². The normalized spacial score (nSPS) is 23.2. The number of aliphatic carboxylic acids is 1. The van der Waals surface area contributed by atoms with Gasteiger partial charge in [0.25, 0.3) is 5.91 Å². The molecule has 0 aliphatic carbocycles. The number of nitrogens with zero attached hydrogens (tertiary/aromatic N) is 2. The second kappa shape index (κ2) is 5.18. The number of hydrogen-bond donors (Lipinski definition) is 0. The zero-order valence-electron chi connectivity index (χ0n) is 9.32. The molecule has 8 heteroatoms. The van der Waals surface area contributed by atoms with Crippen LogP contribution in [0, 0.1) is 0 Å². The molecule has 3 rings (SSSR count). The minimum absolute atomic E-state index is 0. The maximum Gasteiger partial charge on any atom is 1.00 e. The molecule has 2 aliphatic rings. The van der Waals surface area contributed by atoms with Gasteiger partial charge < -0.3 is 9.90 Å². The summed E-state index contributed by atoms with van der Waals surface area (Å²) < 4.78 is 0. The van der Waals surface area contributed by atoms with Gasteiger partial charge in [0.05, 0.1) is 17.2 Å². The van der Waals surface area contributed by atoms with Gasteiger partial charge in [0.2, 0.25) is 0 Å². The third kappa shape index (κ3) is 2.06. The Morgan fingerprint density at radius 1 is 1.56 bits per heavy atom. The van der Waals surface area contributed by atoms with Gasteiger partial charge in [-0.05, 0) is 11.5 Å². The average Bonchev–Trinajstić information content (AvgIpc) is 2.93. The van der Waals surface area contributed by atoms with Gasteiger partial charge in [-0.3, -0.25) is 9.69 Å². The fourth-order valence-corrected chi connectivity index (χ4v) is 3.39. The largest absolute Gasteiger partial charge is 1.00 e. The number of hydrogen-bond acceptors (Lipinski definition) is 6. The van der Waals surface area contributed by atoms with E-state index < -0.39 is 5.97 Å². The summed E-state index contributed by atoms with van der Waals surface area (Å²) in [5.41, 5.74) is 0.527. The first-order chi connectivity index (χ1) is 8.18. The number of β-lactam (4-membered cyclic amide) rings is 1. The molecule has 1 fully saturated rings. The zero-order chi connectivity index (χ0) is 12.0. The molecule has 0 aromatic carbocycles. The summed E-state index contributed by atoms with van der Waals surface area (Å²) in [4.78, 5) is 27.8. The summed E-state index contributed by atoms with van der Waals surface area (Å²) in [7, 11) is 0. The maximum atomic E-state index is 11.8. The third-order valence-electron chi connectivity index (χ3n) is 2.47. The van der Waals surface area contributed by atoms with Crippen molar-refractivity contribution in [2.24, 2.45) is 0 Å². The van der Waals surface area contributed by atoms with Crippen molar-refractivity contribution in [1.29, 1.82) is 0 Å². The number of aromatic nitrogens is 1. The van der Waals surface area contributed by atoms with Crippen molar-refractivity contribution in [1.82, 2.24) is 9.88 Å². The summed E-state index contributed by atoms with van der Waals surface area (Å²) >= 11 is 2.72. The minimum atomic E-state index is -1.32.